The van der Waals surface area contributed by atoms with Crippen molar-refractivity contribution in [1.29, 1.82) is 0 Å². The Morgan fingerprint density at radius 1 is 1.35 bits per heavy atom. The molecule has 1 aromatic heterocycles. The van der Waals surface area contributed by atoms with Gasteiger partial charge in [-0.05, 0) is 5.92 Å². The van der Waals surface area contributed by atoms with Crippen LogP contribution in [0.25, 0.3) is 0 Å². The van der Waals surface area contributed by atoms with Gasteiger partial charge >= 0.3 is 0 Å². The van der Waals surface area contributed by atoms with Gasteiger partial charge < -0.3 is 19.1 Å². The fourth-order valence-corrected chi connectivity index (χ4v) is 1.60. The van der Waals surface area contributed by atoms with E-state index in [2.05, 4.69) is 10.1 Å². The molecule has 17 heavy (non-hydrogen) atoms. The molecule has 2 unspecified atom stereocenters. The van der Waals surface area contributed by atoms with Gasteiger partial charge in [0.2, 0.25) is 11.7 Å². The van der Waals surface area contributed by atoms with Gasteiger partial charge in [0.1, 0.15) is 6.10 Å². The lowest BCUT2D eigenvalue weighted by molar-refractivity contribution is 0.0554. The van der Waals surface area contributed by atoms with Gasteiger partial charge in [-0.25, -0.2) is 0 Å². The molecule has 2 atom stereocenters. The van der Waals surface area contributed by atoms with Crippen molar-refractivity contribution in [2.24, 2.45) is 5.92 Å². The highest BCUT2D eigenvalue weighted by atomic mass is 16.5. The molecule has 0 amide bonds. The van der Waals surface area contributed by atoms with Gasteiger partial charge in [-0.2, -0.15) is 4.98 Å². The molecule has 0 aliphatic heterocycles. The van der Waals surface area contributed by atoms with Gasteiger partial charge in [-0.1, -0.05) is 19.0 Å². The molecule has 0 spiro atoms. The van der Waals surface area contributed by atoms with Crippen LogP contribution >= 0.6 is 0 Å². The maximum atomic E-state index is 9.53. The fourth-order valence-electron chi connectivity index (χ4n) is 1.60. The second kappa shape index (κ2) is 6.68. The first-order valence-corrected chi connectivity index (χ1v) is 5.60. The quantitative estimate of drug-likeness (QED) is 0.769. The normalized spacial score (nSPS) is 15.2. The third-order valence-electron chi connectivity index (χ3n) is 2.37. The summed E-state index contributed by atoms with van der Waals surface area (Å²) in [6.07, 6.45) is -0.532. The van der Waals surface area contributed by atoms with Crippen molar-refractivity contribution in [2.75, 3.05) is 20.8 Å². The first-order valence-electron chi connectivity index (χ1n) is 5.60. The maximum absolute atomic E-state index is 9.53. The summed E-state index contributed by atoms with van der Waals surface area (Å²) in [5.74, 6) is 1.17. The molecular formula is C11H20N2O4. The van der Waals surface area contributed by atoms with Gasteiger partial charge in [-0.3, -0.25) is 0 Å². The van der Waals surface area contributed by atoms with Crippen LogP contribution in [0.2, 0.25) is 0 Å². The molecule has 0 radical (unpaired) electrons. The number of nitrogens with zero attached hydrogens (tertiary/aromatic N) is 2. The lowest BCUT2D eigenvalue weighted by Crippen LogP contribution is -2.17. The Kier molecular flexibility index (Phi) is 5.54. The van der Waals surface area contributed by atoms with E-state index in [-0.39, 0.29) is 25.0 Å². The SMILES string of the molecule is COCC(O)Cc1nc(C(OC)C(C)C)no1. The van der Waals surface area contributed by atoms with E-state index < -0.39 is 6.10 Å². The molecular weight excluding hydrogens is 224 g/mol. The lowest BCUT2D eigenvalue weighted by Gasteiger charge is -2.14. The minimum absolute atomic E-state index is 0.188. The van der Waals surface area contributed by atoms with E-state index in [1.807, 2.05) is 13.8 Å². The van der Waals surface area contributed by atoms with E-state index in [0.717, 1.165) is 0 Å². The van der Waals surface area contributed by atoms with Crippen LogP contribution < -0.4 is 0 Å². The van der Waals surface area contributed by atoms with Crippen LogP contribution in [0, 0.1) is 5.92 Å². The number of aromatic nitrogens is 2. The van der Waals surface area contributed by atoms with E-state index in [1.54, 1.807) is 7.11 Å². The third-order valence-corrected chi connectivity index (χ3v) is 2.37. The topological polar surface area (TPSA) is 77.6 Å². The Labute approximate surface area is 101 Å². The van der Waals surface area contributed by atoms with Crippen LogP contribution in [0.3, 0.4) is 0 Å². The average Bonchev–Trinajstić information content (AvgIpc) is 2.67. The van der Waals surface area contributed by atoms with E-state index in [1.165, 1.54) is 7.11 Å². The van der Waals surface area contributed by atoms with E-state index in [0.29, 0.717) is 11.7 Å². The highest BCUT2D eigenvalue weighted by Crippen LogP contribution is 2.22. The van der Waals surface area contributed by atoms with Crippen molar-refractivity contribution in [1.82, 2.24) is 10.1 Å². The van der Waals surface area contributed by atoms with E-state index >= 15 is 0 Å². The van der Waals surface area contributed by atoms with Gasteiger partial charge in [-0.15, -0.1) is 0 Å². The zero-order chi connectivity index (χ0) is 12.8. The predicted octanol–water partition coefficient (Wildman–Crippen LogP) is 0.963. The molecule has 6 heteroatoms. The highest BCUT2D eigenvalue weighted by Gasteiger charge is 2.22. The first-order chi connectivity index (χ1) is 8.08. The van der Waals surface area contributed by atoms with Crippen molar-refractivity contribution in [2.45, 2.75) is 32.5 Å². The van der Waals surface area contributed by atoms with Crippen molar-refractivity contribution >= 4 is 0 Å². The van der Waals surface area contributed by atoms with Crippen LogP contribution in [-0.2, 0) is 15.9 Å². The Morgan fingerprint density at radius 3 is 2.59 bits per heavy atom. The van der Waals surface area contributed by atoms with Crippen molar-refractivity contribution in [3.63, 3.8) is 0 Å². The second-order valence-corrected chi connectivity index (χ2v) is 4.26. The molecule has 0 aromatic carbocycles. The second-order valence-electron chi connectivity index (χ2n) is 4.26. The maximum Gasteiger partial charge on any atom is 0.229 e. The number of methoxy groups -OCH3 is 2. The first kappa shape index (κ1) is 14.1. The summed E-state index contributed by atoms with van der Waals surface area (Å²) in [6.45, 7) is 4.28. The third kappa shape index (κ3) is 4.07. The number of rotatable bonds is 7. The molecule has 98 valence electrons. The summed E-state index contributed by atoms with van der Waals surface area (Å²) >= 11 is 0. The summed E-state index contributed by atoms with van der Waals surface area (Å²) in [5.41, 5.74) is 0. The molecule has 0 aliphatic carbocycles. The van der Waals surface area contributed by atoms with E-state index in [9.17, 15) is 5.11 Å². The van der Waals surface area contributed by atoms with Gasteiger partial charge in [0.25, 0.3) is 0 Å². The largest absolute Gasteiger partial charge is 0.390 e. The number of ether oxygens (including phenoxy) is 2. The van der Waals surface area contributed by atoms with Crippen LogP contribution in [0.15, 0.2) is 4.52 Å². The molecule has 0 aliphatic rings. The predicted molar refractivity (Wildman–Crippen MR) is 60.5 cm³/mol. The number of hydrogen-bond acceptors (Lipinski definition) is 6. The molecule has 1 rings (SSSR count). The standard InChI is InChI=1S/C11H20N2O4/c1-7(2)10(16-4)11-12-9(17-13-11)5-8(14)6-15-3/h7-8,10,14H,5-6H2,1-4H3. The number of aliphatic hydroxyl groups is 1. The summed E-state index contributed by atoms with van der Waals surface area (Å²) < 4.78 is 15.2. The smallest absolute Gasteiger partial charge is 0.229 e. The Balaban J connectivity index is 2.64. The highest BCUT2D eigenvalue weighted by molar-refractivity contribution is 4.93. The molecule has 0 fully saturated rings. The number of hydrogen-bond donors (Lipinski definition) is 1. The van der Waals surface area contributed by atoms with Crippen molar-refractivity contribution in [3.8, 4) is 0 Å². The summed E-state index contributed by atoms with van der Waals surface area (Å²) in [7, 11) is 3.14. The summed E-state index contributed by atoms with van der Waals surface area (Å²) in [6, 6.07) is 0. The lowest BCUT2D eigenvalue weighted by atomic mass is 10.1. The zero-order valence-electron chi connectivity index (χ0n) is 10.7. The van der Waals surface area contributed by atoms with Gasteiger partial charge in [0.15, 0.2) is 0 Å². The molecule has 1 heterocycles. The van der Waals surface area contributed by atoms with Crippen LogP contribution in [0.5, 0.6) is 0 Å². The molecule has 0 bridgehead atoms. The van der Waals surface area contributed by atoms with Crippen LogP contribution in [0.1, 0.15) is 31.7 Å². The van der Waals surface area contributed by atoms with Crippen LogP contribution in [-0.4, -0.2) is 42.2 Å². The van der Waals surface area contributed by atoms with Crippen molar-refractivity contribution < 1.29 is 19.1 Å². The minimum Gasteiger partial charge on any atom is -0.390 e. The molecule has 1 aromatic rings. The zero-order valence-corrected chi connectivity index (χ0v) is 10.7. The fraction of sp³-hybridized carbons (Fsp3) is 0.818. The molecule has 1 N–H and O–H groups in total. The molecule has 0 saturated heterocycles. The minimum atomic E-state index is -0.631. The monoisotopic (exact) mass is 244 g/mol. The average molecular weight is 244 g/mol. The van der Waals surface area contributed by atoms with E-state index in [4.69, 9.17) is 14.0 Å². The summed E-state index contributed by atoms with van der Waals surface area (Å²) in [4.78, 5) is 4.21. The molecule has 0 saturated carbocycles. The Bertz CT molecular complexity index is 327. The van der Waals surface area contributed by atoms with Gasteiger partial charge in [0, 0.05) is 14.2 Å². The Hall–Kier alpha value is -0.980. The molecule has 6 nitrogen and oxygen atoms in total. The van der Waals surface area contributed by atoms with Crippen molar-refractivity contribution in [3.05, 3.63) is 11.7 Å². The van der Waals surface area contributed by atoms with Gasteiger partial charge in [0.05, 0.1) is 19.1 Å². The summed E-state index contributed by atoms with van der Waals surface area (Å²) in [5, 5.41) is 13.4. The van der Waals surface area contributed by atoms with Crippen LogP contribution in [0.4, 0.5) is 0 Å². The number of aliphatic hydroxyl groups excluding tert-OH is 1. The Morgan fingerprint density at radius 2 is 2.06 bits per heavy atom.